The minimum atomic E-state index is -0.456. The monoisotopic (exact) mass is 346 g/mol. The molecule has 2 aromatic carbocycles. The van der Waals surface area contributed by atoms with Crippen LogP contribution in [0, 0.1) is 24.8 Å². The minimum absolute atomic E-state index is 0.118. The van der Waals surface area contributed by atoms with Gasteiger partial charge in [-0.2, -0.15) is 0 Å². The zero-order chi connectivity index (χ0) is 18.8. The molecule has 0 saturated heterocycles. The molecule has 0 bridgehead atoms. The summed E-state index contributed by atoms with van der Waals surface area (Å²) in [5.74, 6) is 0.00576. The van der Waals surface area contributed by atoms with Gasteiger partial charge in [-0.15, -0.1) is 5.11 Å². The standard InChI is InChI=1S/C20H18N4O2/c1-11-8-15(19(21)24-22)16(9-12(11)2)23-20(25)18-10-13(3)14-6-4-5-7-17(14)26-18/h4-10,21-22H,3H2,1-2H3,(H,23,25). The number of allylic oxidation sites excluding steroid dienone is 2. The van der Waals surface area contributed by atoms with Crippen LogP contribution in [0.15, 0.2) is 59.9 Å². The summed E-state index contributed by atoms with van der Waals surface area (Å²) < 4.78 is 5.69. The molecule has 0 aliphatic carbocycles. The lowest BCUT2D eigenvalue weighted by Crippen LogP contribution is -2.22. The molecule has 6 heteroatoms. The Morgan fingerprint density at radius 2 is 1.88 bits per heavy atom. The fraction of sp³-hybridized carbons (Fsp3) is 0.100. The molecule has 0 spiro atoms. The third kappa shape index (κ3) is 3.17. The van der Waals surface area contributed by atoms with Crippen LogP contribution in [0.4, 0.5) is 5.69 Å². The normalized spacial score (nSPS) is 12.5. The molecule has 1 amide bonds. The number of hydrogen-bond donors (Lipinski definition) is 3. The van der Waals surface area contributed by atoms with Gasteiger partial charge in [-0.1, -0.05) is 24.8 Å². The SMILES string of the molecule is C=C1C=C(C(=O)Nc2cc(C)c(C)cc2C(=N)N=N)Oc2ccccc21. The van der Waals surface area contributed by atoms with E-state index < -0.39 is 5.91 Å². The van der Waals surface area contributed by atoms with Crippen LogP contribution in [0.3, 0.4) is 0 Å². The van der Waals surface area contributed by atoms with Crippen LogP contribution in [0.25, 0.3) is 5.57 Å². The molecule has 0 aromatic heterocycles. The van der Waals surface area contributed by atoms with Crippen molar-refractivity contribution in [2.75, 3.05) is 5.32 Å². The predicted octanol–water partition coefficient (Wildman–Crippen LogP) is 4.59. The first kappa shape index (κ1) is 17.3. The van der Waals surface area contributed by atoms with Crippen molar-refractivity contribution in [3.05, 3.63) is 77.1 Å². The molecule has 3 N–H and O–H groups in total. The molecule has 6 nitrogen and oxygen atoms in total. The molecule has 1 aliphatic rings. The highest BCUT2D eigenvalue weighted by Gasteiger charge is 2.22. The van der Waals surface area contributed by atoms with Gasteiger partial charge in [0.1, 0.15) is 5.75 Å². The molecule has 0 saturated carbocycles. The summed E-state index contributed by atoms with van der Waals surface area (Å²) in [6.07, 6.45) is 1.58. The number of rotatable bonds is 3. The molecule has 26 heavy (non-hydrogen) atoms. The van der Waals surface area contributed by atoms with Crippen molar-refractivity contribution < 1.29 is 9.53 Å². The van der Waals surface area contributed by atoms with E-state index in [9.17, 15) is 4.79 Å². The van der Waals surface area contributed by atoms with E-state index in [0.717, 1.165) is 16.7 Å². The second kappa shape index (κ2) is 6.76. The first-order valence-corrected chi connectivity index (χ1v) is 7.97. The van der Waals surface area contributed by atoms with Crippen molar-refractivity contribution in [1.82, 2.24) is 0 Å². The third-order valence-electron chi connectivity index (χ3n) is 4.23. The number of ether oxygens (including phenoxy) is 1. The zero-order valence-corrected chi connectivity index (χ0v) is 14.5. The van der Waals surface area contributed by atoms with E-state index in [1.807, 2.05) is 32.0 Å². The van der Waals surface area contributed by atoms with Crippen LogP contribution in [0.2, 0.25) is 0 Å². The zero-order valence-electron chi connectivity index (χ0n) is 14.5. The largest absolute Gasteiger partial charge is 0.451 e. The molecule has 0 fully saturated rings. The number of carbonyl (C=O) groups excluding carboxylic acids is 1. The average molecular weight is 346 g/mol. The van der Waals surface area contributed by atoms with E-state index in [-0.39, 0.29) is 11.6 Å². The topological polar surface area (TPSA) is 98.4 Å². The smallest absolute Gasteiger partial charge is 0.291 e. The van der Waals surface area contributed by atoms with Gasteiger partial charge >= 0.3 is 0 Å². The Morgan fingerprint density at radius 3 is 2.62 bits per heavy atom. The Kier molecular flexibility index (Phi) is 4.49. The van der Waals surface area contributed by atoms with Crippen LogP contribution in [0.5, 0.6) is 5.75 Å². The fourth-order valence-corrected chi connectivity index (χ4v) is 2.68. The number of nitrogens with one attached hydrogen (secondary N) is 3. The highest BCUT2D eigenvalue weighted by molar-refractivity contribution is 6.10. The molecule has 3 rings (SSSR count). The molecule has 1 heterocycles. The maximum Gasteiger partial charge on any atom is 0.291 e. The summed E-state index contributed by atoms with van der Waals surface area (Å²) in [4.78, 5) is 12.7. The summed E-state index contributed by atoms with van der Waals surface area (Å²) in [7, 11) is 0. The van der Waals surface area contributed by atoms with Gasteiger partial charge in [0.15, 0.2) is 11.6 Å². The number of nitrogens with zero attached hydrogens (tertiary/aromatic N) is 1. The van der Waals surface area contributed by atoms with Gasteiger partial charge in [0.2, 0.25) is 0 Å². The van der Waals surface area contributed by atoms with Gasteiger partial charge in [-0.25, -0.2) is 5.53 Å². The third-order valence-corrected chi connectivity index (χ3v) is 4.23. The van der Waals surface area contributed by atoms with Crippen LogP contribution in [-0.2, 0) is 4.79 Å². The summed E-state index contributed by atoms with van der Waals surface area (Å²) in [5, 5.41) is 13.8. The molecular weight excluding hydrogens is 328 g/mol. The van der Waals surface area contributed by atoms with Crippen molar-refractivity contribution in [3.63, 3.8) is 0 Å². The Hall–Kier alpha value is -3.54. The summed E-state index contributed by atoms with van der Waals surface area (Å²) in [6, 6.07) is 10.8. The van der Waals surface area contributed by atoms with Gasteiger partial charge in [-0.3, -0.25) is 10.2 Å². The number of para-hydroxylation sites is 1. The number of hydrogen-bond acceptors (Lipinski definition) is 4. The Morgan fingerprint density at radius 1 is 1.19 bits per heavy atom. The van der Waals surface area contributed by atoms with Crippen molar-refractivity contribution in [1.29, 1.82) is 10.9 Å². The molecule has 0 atom stereocenters. The van der Waals surface area contributed by atoms with E-state index in [1.165, 1.54) is 0 Å². The van der Waals surface area contributed by atoms with Crippen molar-refractivity contribution >= 4 is 23.0 Å². The first-order valence-electron chi connectivity index (χ1n) is 7.97. The highest BCUT2D eigenvalue weighted by Crippen LogP contribution is 2.33. The predicted molar refractivity (Wildman–Crippen MR) is 101 cm³/mol. The Balaban J connectivity index is 1.92. The molecular formula is C20H18N4O2. The van der Waals surface area contributed by atoms with Crippen molar-refractivity contribution in [2.24, 2.45) is 5.11 Å². The van der Waals surface area contributed by atoms with E-state index >= 15 is 0 Å². The van der Waals surface area contributed by atoms with Crippen LogP contribution < -0.4 is 10.1 Å². The van der Waals surface area contributed by atoms with Gasteiger partial charge in [0.05, 0.1) is 5.69 Å². The second-order valence-corrected chi connectivity index (χ2v) is 6.03. The number of amides is 1. The van der Waals surface area contributed by atoms with Crippen LogP contribution >= 0.6 is 0 Å². The summed E-state index contributed by atoms with van der Waals surface area (Å²) in [5.41, 5.74) is 11.3. The number of aryl methyl sites for hydroxylation is 2. The van der Waals surface area contributed by atoms with Crippen molar-refractivity contribution in [2.45, 2.75) is 13.8 Å². The van der Waals surface area contributed by atoms with Gasteiger partial charge in [0, 0.05) is 11.1 Å². The van der Waals surface area contributed by atoms with Crippen LogP contribution in [-0.4, -0.2) is 11.7 Å². The quantitative estimate of drug-likeness (QED) is 0.430. The molecule has 0 unspecified atom stereocenters. The Labute approximate surface area is 151 Å². The number of amidine groups is 1. The van der Waals surface area contributed by atoms with Gasteiger partial charge in [0.25, 0.3) is 5.91 Å². The maximum atomic E-state index is 12.7. The summed E-state index contributed by atoms with van der Waals surface area (Å²) in [6.45, 7) is 7.78. The van der Waals surface area contributed by atoms with Crippen LogP contribution in [0.1, 0.15) is 22.3 Å². The van der Waals surface area contributed by atoms with Crippen molar-refractivity contribution in [3.8, 4) is 5.75 Å². The lowest BCUT2D eigenvalue weighted by molar-refractivity contribution is -0.114. The lowest BCUT2D eigenvalue weighted by Gasteiger charge is -2.20. The number of fused-ring (bicyclic) bond motifs is 1. The molecule has 1 aliphatic heterocycles. The molecule has 130 valence electrons. The van der Waals surface area contributed by atoms with Gasteiger partial charge in [-0.05, 0) is 54.8 Å². The average Bonchev–Trinajstić information content (AvgIpc) is 2.63. The van der Waals surface area contributed by atoms with E-state index in [0.29, 0.717) is 22.6 Å². The van der Waals surface area contributed by atoms with E-state index in [2.05, 4.69) is 17.0 Å². The number of carbonyl (C=O) groups is 1. The highest BCUT2D eigenvalue weighted by atomic mass is 16.5. The van der Waals surface area contributed by atoms with E-state index in [1.54, 1.807) is 24.3 Å². The minimum Gasteiger partial charge on any atom is -0.451 e. The summed E-state index contributed by atoms with van der Waals surface area (Å²) >= 11 is 0. The van der Waals surface area contributed by atoms with E-state index in [4.69, 9.17) is 15.7 Å². The lowest BCUT2D eigenvalue weighted by atomic mass is 10.0. The first-order chi connectivity index (χ1) is 12.4. The molecule has 2 aromatic rings. The number of anilines is 1. The maximum absolute atomic E-state index is 12.7. The second-order valence-electron chi connectivity index (χ2n) is 6.03. The fourth-order valence-electron chi connectivity index (χ4n) is 2.68. The van der Waals surface area contributed by atoms with Gasteiger partial charge < -0.3 is 10.1 Å². The molecule has 0 radical (unpaired) electrons. The Bertz CT molecular complexity index is 989. The number of benzene rings is 2.